The lowest BCUT2D eigenvalue weighted by molar-refractivity contribution is -0.132. The van der Waals surface area contributed by atoms with E-state index in [1.807, 2.05) is 55.3 Å². The Morgan fingerprint density at radius 2 is 1.59 bits per heavy atom. The zero-order chi connectivity index (χ0) is 32.6. The number of rotatable bonds is 6. The molecule has 5 aromatic rings. The van der Waals surface area contributed by atoms with Gasteiger partial charge in [-0.3, -0.25) is 9.78 Å². The second kappa shape index (κ2) is 12.4. The van der Waals surface area contributed by atoms with Gasteiger partial charge in [-0.1, -0.05) is 87.5 Å². The van der Waals surface area contributed by atoms with Crippen molar-refractivity contribution < 1.29 is 14.3 Å². The molecule has 3 heterocycles. The van der Waals surface area contributed by atoms with Gasteiger partial charge in [-0.25, -0.2) is 9.97 Å². The molecule has 1 amide bonds. The lowest BCUT2D eigenvalue weighted by Crippen LogP contribution is -2.69. The molecule has 1 saturated heterocycles. The van der Waals surface area contributed by atoms with E-state index in [9.17, 15) is 9.90 Å². The van der Waals surface area contributed by atoms with Crippen LogP contribution in [0.3, 0.4) is 0 Å². The number of carbonyl (C=O) groups is 1. The lowest BCUT2D eigenvalue weighted by atomic mass is 9.91. The molecule has 0 spiro atoms. The zero-order valence-corrected chi connectivity index (χ0v) is 28.5. The van der Waals surface area contributed by atoms with E-state index in [0.29, 0.717) is 41.9 Å². The molecule has 0 bridgehead atoms. The maximum Gasteiger partial charge on any atom is 0.261 e. The molecule has 6 rings (SSSR count). The Morgan fingerprint density at radius 3 is 2.17 bits per heavy atom. The van der Waals surface area contributed by atoms with Gasteiger partial charge < -0.3 is 14.4 Å². The fraction of sp³-hybridized carbons (Fsp3) is 0.316. The molecule has 1 fully saturated rings. The molecular formula is C38H42N4O3Si. The maximum atomic E-state index is 12.7. The largest absolute Gasteiger partial charge is 0.507 e. The van der Waals surface area contributed by atoms with Crippen LogP contribution in [0.25, 0.3) is 22.4 Å². The standard InChI is InChI=1S/C38H42N4O3Si/c1-25-21-26(2)36(34(44)22-25)31-17-18-32-37(40-31)41-33(23-39-32)30-19-20-42(27(3)43)24-35(30)45-46(38(4,5)6,28-13-9-7-10-14-28)29-15-11-8-12-16-29/h7-18,21-23,30,35,44H,19-20,24H2,1-6H3. The highest BCUT2D eigenvalue weighted by atomic mass is 28.4. The van der Waals surface area contributed by atoms with Crippen LogP contribution in [0.15, 0.2) is 91.1 Å². The van der Waals surface area contributed by atoms with E-state index in [1.54, 1.807) is 13.0 Å². The van der Waals surface area contributed by atoms with Crippen molar-refractivity contribution in [2.45, 2.75) is 65.0 Å². The van der Waals surface area contributed by atoms with Crippen LogP contribution in [0.4, 0.5) is 0 Å². The maximum absolute atomic E-state index is 12.7. The van der Waals surface area contributed by atoms with Crippen molar-refractivity contribution in [3.05, 3.63) is 108 Å². The fourth-order valence-corrected chi connectivity index (χ4v) is 11.8. The molecule has 236 valence electrons. The fourth-order valence-electron chi connectivity index (χ4n) is 7.09. The summed E-state index contributed by atoms with van der Waals surface area (Å²) < 4.78 is 7.63. The molecule has 0 aliphatic carbocycles. The quantitative estimate of drug-likeness (QED) is 0.222. The van der Waals surface area contributed by atoms with E-state index in [-0.39, 0.29) is 28.7 Å². The number of aryl methyl sites for hydroxylation is 2. The van der Waals surface area contributed by atoms with Crippen LogP contribution in [0.1, 0.15) is 56.9 Å². The molecule has 2 aromatic heterocycles. The van der Waals surface area contributed by atoms with Crippen molar-refractivity contribution in [1.82, 2.24) is 19.9 Å². The summed E-state index contributed by atoms with van der Waals surface area (Å²) in [6.07, 6.45) is 2.22. The summed E-state index contributed by atoms with van der Waals surface area (Å²) in [5, 5.41) is 13.0. The van der Waals surface area contributed by atoms with Crippen LogP contribution in [0, 0.1) is 13.8 Å². The number of benzene rings is 3. The van der Waals surface area contributed by atoms with E-state index in [2.05, 4.69) is 69.3 Å². The highest BCUT2D eigenvalue weighted by Gasteiger charge is 2.53. The molecule has 3 aromatic carbocycles. The SMILES string of the molecule is CC(=O)N1CCC(c2cnc3ccc(-c4c(C)cc(C)cc4O)nc3n2)C(O[Si](c2ccccc2)(c2ccccc2)C(C)(C)C)C1. The Balaban J connectivity index is 1.47. The third-order valence-corrected chi connectivity index (χ3v) is 14.3. The first-order valence-corrected chi connectivity index (χ1v) is 17.9. The number of carbonyl (C=O) groups excluding carboxylic acids is 1. The summed E-state index contributed by atoms with van der Waals surface area (Å²) in [7, 11) is -2.93. The van der Waals surface area contributed by atoms with Crippen LogP contribution < -0.4 is 10.4 Å². The first-order chi connectivity index (χ1) is 22.0. The van der Waals surface area contributed by atoms with Crippen LogP contribution in [-0.2, 0) is 9.22 Å². The predicted molar refractivity (Wildman–Crippen MR) is 186 cm³/mol. The number of phenolic OH excluding ortho intramolecular Hbond substituents is 1. The molecule has 2 unspecified atom stereocenters. The monoisotopic (exact) mass is 630 g/mol. The van der Waals surface area contributed by atoms with Gasteiger partial charge in [0, 0.05) is 37.7 Å². The Labute approximate surface area is 272 Å². The Hall–Kier alpha value is -4.40. The topological polar surface area (TPSA) is 88.4 Å². The van der Waals surface area contributed by atoms with Crippen LogP contribution in [0.2, 0.25) is 5.04 Å². The van der Waals surface area contributed by atoms with Crippen LogP contribution in [-0.4, -0.2) is 58.4 Å². The van der Waals surface area contributed by atoms with Gasteiger partial charge in [0.15, 0.2) is 5.65 Å². The number of piperidine rings is 1. The highest BCUT2D eigenvalue weighted by molar-refractivity contribution is 6.99. The highest BCUT2D eigenvalue weighted by Crippen LogP contribution is 2.41. The van der Waals surface area contributed by atoms with Gasteiger partial charge in [-0.05, 0) is 65.0 Å². The average molecular weight is 631 g/mol. The van der Waals surface area contributed by atoms with E-state index in [4.69, 9.17) is 19.4 Å². The van der Waals surface area contributed by atoms with Gasteiger partial charge in [0.1, 0.15) is 11.3 Å². The molecule has 1 aliphatic heterocycles. The van der Waals surface area contributed by atoms with Crippen LogP contribution >= 0.6 is 0 Å². The minimum Gasteiger partial charge on any atom is -0.507 e. The second-order valence-corrected chi connectivity index (χ2v) is 17.7. The number of likely N-dealkylation sites (tertiary alicyclic amines) is 1. The summed E-state index contributed by atoms with van der Waals surface area (Å²) in [5.41, 5.74) is 5.29. The van der Waals surface area contributed by atoms with Crippen molar-refractivity contribution in [1.29, 1.82) is 0 Å². The number of aromatic nitrogens is 3. The Bertz CT molecular complexity index is 1810. The van der Waals surface area contributed by atoms with E-state index < -0.39 is 8.32 Å². The molecule has 7 nitrogen and oxygen atoms in total. The third-order valence-electron chi connectivity index (χ3n) is 9.27. The molecule has 1 aliphatic rings. The van der Waals surface area contributed by atoms with Crippen molar-refractivity contribution in [3.8, 4) is 17.0 Å². The van der Waals surface area contributed by atoms with Gasteiger partial charge in [0.05, 0.1) is 17.5 Å². The first-order valence-electron chi connectivity index (χ1n) is 16.0. The Kier molecular flexibility index (Phi) is 8.52. The molecular weight excluding hydrogens is 589 g/mol. The minimum atomic E-state index is -2.93. The number of hydrogen-bond donors (Lipinski definition) is 1. The van der Waals surface area contributed by atoms with Gasteiger partial charge in [-0.15, -0.1) is 0 Å². The smallest absolute Gasteiger partial charge is 0.261 e. The average Bonchev–Trinajstić information content (AvgIpc) is 3.03. The minimum absolute atomic E-state index is 0.0404. The first kappa shape index (κ1) is 31.6. The zero-order valence-electron chi connectivity index (χ0n) is 27.5. The van der Waals surface area contributed by atoms with Crippen molar-refractivity contribution in [2.75, 3.05) is 13.1 Å². The van der Waals surface area contributed by atoms with Crippen molar-refractivity contribution >= 4 is 35.8 Å². The van der Waals surface area contributed by atoms with E-state index in [0.717, 1.165) is 16.8 Å². The van der Waals surface area contributed by atoms with Crippen LogP contribution in [0.5, 0.6) is 5.75 Å². The van der Waals surface area contributed by atoms with E-state index in [1.165, 1.54) is 10.4 Å². The van der Waals surface area contributed by atoms with Crippen molar-refractivity contribution in [3.63, 3.8) is 0 Å². The molecule has 0 saturated carbocycles. The second-order valence-electron chi connectivity index (χ2n) is 13.5. The predicted octanol–water partition coefficient (Wildman–Crippen LogP) is 6.30. The summed E-state index contributed by atoms with van der Waals surface area (Å²) in [6.45, 7) is 13.5. The molecule has 1 N–H and O–H groups in total. The van der Waals surface area contributed by atoms with E-state index >= 15 is 0 Å². The summed E-state index contributed by atoms with van der Waals surface area (Å²) in [4.78, 5) is 29.4. The molecule has 2 atom stereocenters. The Morgan fingerprint density at radius 1 is 0.935 bits per heavy atom. The van der Waals surface area contributed by atoms with Gasteiger partial charge >= 0.3 is 0 Å². The van der Waals surface area contributed by atoms with Gasteiger partial charge in [0.2, 0.25) is 5.91 Å². The number of pyridine rings is 1. The number of amides is 1. The number of nitrogens with zero attached hydrogens (tertiary/aromatic N) is 4. The molecule has 0 radical (unpaired) electrons. The summed E-state index contributed by atoms with van der Waals surface area (Å²) >= 11 is 0. The summed E-state index contributed by atoms with van der Waals surface area (Å²) in [5.74, 6) is 0.136. The summed E-state index contributed by atoms with van der Waals surface area (Å²) in [6, 6.07) is 28.8. The molecule has 46 heavy (non-hydrogen) atoms. The lowest BCUT2D eigenvalue weighted by Gasteiger charge is -2.48. The number of hydrogen-bond acceptors (Lipinski definition) is 6. The van der Waals surface area contributed by atoms with Gasteiger partial charge in [0.25, 0.3) is 8.32 Å². The van der Waals surface area contributed by atoms with Crippen molar-refractivity contribution in [2.24, 2.45) is 0 Å². The number of phenols is 1. The molecule has 8 heteroatoms. The van der Waals surface area contributed by atoms with Gasteiger partial charge in [-0.2, -0.15) is 0 Å². The number of fused-ring (bicyclic) bond motifs is 1. The number of aromatic hydroxyl groups is 1. The third kappa shape index (κ3) is 5.83. The normalized spacial score (nSPS) is 17.3.